The molecule has 1 nitrogen and oxygen atoms in total. The molecule has 1 fully saturated rings. The quantitative estimate of drug-likeness (QED) is 0.617. The Labute approximate surface area is 133 Å². The van der Waals surface area contributed by atoms with E-state index in [0.717, 1.165) is 10.9 Å². The molecule has 0 atom stereocenters. The largest absolute Gasteiger partial charge is 0.317 e. The van der Waals surface area contributed by atoms with Gasteiger partial charge in [0.2, 0.25) is 0 Å². The van der Waals surface area contributed by atoms with Gasteiger partial charge < -0.3 is 5.32 Å². The van der Waals surface area contributed by atoms with Crippen molar-refractivity contribution in [2.24, 2.45) is 5.41 Å². The fourth-order valence-corrected chi connectivity index (χ4v) is 4.68. The van der Waals surface area contributed by atoms with Gasteiger partial charge in [-0.15, -0.1) is 11.3 Å². The maximum atomic E-state index is 6.19. The molecule has 0 aromatic carbocycles. The van der Waals surface area contributed by atoms with Crippen LogP contribution in [0.4, 0.5) is 0 Å². The van der Waals surface area contributed by atoms with Crippen molar-refractivity contribution in [3.63, 3.8) is 0 Å². The molecule has 114 valence electrons. The minimum Gasteiger partial charge on any atom is -0.317 e. The molecule has 0 spiro atoms. The van der Waals surface area contributed by atoms with Gasteiger partial charge in [0.25, 0.3) is 0 Å². The molecule has 2 rings (SSSR count). The summed E-state index contributed by atoms with van der Waals surface area (Å²) in [6, 6.07) is 2.28. The third-order valence-electron chi connectivity index (χ3n) is 4.73. The Balaban J connectivity index is 1.85. The van der Waals surface area contributed by atoms with Crippen LogP contribution >= 0.6 is 22.9 Å². The highest BCUT2D eigenvalue weighted by Crippen LogP contribution is 2.45. The Hall–Kier alpha value is -0.0500. The van der Waals surface area contributed by atoms with Gasteiger partial charge in [0.15, 0.2) is 0 Å². The Bertz CT molecular complexity index is 388. The standard InChI is InChI=1S/C17H28ClNS/c1-3-11-19-12-10-17(7-4-5-8-17)9-6-15-13-14(2)16(18)20-15/h13,19H,3-12H2,1-2H3. The lowest BCUT2D eigenvalue weighted by Crippen LogP contribution is -2.25. The van der Waals surface area contributed by atoms with Crippen molar-refractivity contribution in [2.75, 3.05) is 13.1 Å². The molecule has 0 bridgehead atoms. The van der Waals surface area contributed by atoms with Crippen molar-refractivity contribution in [1.29, 1.82) is 0 Å². The summed E-state index contributed by atoms with van der Waals surface area (Å²) >= 11 is 7.96. The Kier molecular flexibility index (Phi) is 6.38. The molecule has 1 aromatic rings. The van der Waals surface area contributed by atoms with Gasteiger partial charge in [-0.05, 0) is 75.6 Å². The molecule has 1 aromatic heterocycles. The lowest BCUT2D eigenvalue weighted by Gasteiger charge is -2.29. The molecule has 20 heavy (non-hydrogen) atoms. The first-order valence-electron chi connectivity index (χ1n) is 8.11. The molecule has 0 unspecified atom stereocenters. The number of halogens is 1. The number of aryl methyl sites for hydroxylation is 2. The monoisotopic (exact) mass is 313 g/mol. The molecule has 0 saturated heterocycles. The van der Waals surface area contributed by atoms with E-state index in [4.69, 9.17) is 11.6 Å². The molecule has 3 heteroatoms. The zero-order chi connectivity index (χ0) is 14.4. The second kappa shape index (κ2) is 7.82. The highest BCUT2D eigenvalue weighted by atomic mass is 35.5. The highest BCUT2D eigenvalue weighted by Gasteiger charge is 2.32. The van der Waals surface area contributed by atoms with Gasteiger partial charge in [0.05, 0.1) is 4.34 Å². The zero-order valence-corrected chi connectivity index (χ0v) is 14.5. The van der Waals surface area contributed by atoms with Gasteiger partial charge >= 0.3 is 0 Å². The minimum atomic E-state index is 0.602. The van der Waals surface area contributed by atoms with Crippen molar-refractivity contribution in [3.05, 3.63) is 20.8 Å². The van der Waals surface area contributed by atoms with E-state index < -0.39 is 0 Å². The van der Waals surface area contributed by atoms with Crippen LogP contribution in [0.1, 0.15) is 62.3 Å². The first-order valence-corrected chi connectivity index (χ1v) is 9.30. The van der Waals surface area contributed by atoms with E-state index in [-0.39, 0.29) is 0 Å². The van der Waals surface area contributed by atoms with Gasteiger partial charge in [-0.1, -0.05) is 31.4 Å². The predicted molar refractivity (Wildman–Crippen MR) is 91.1 cm³/mol. The minimum absolute atomic E-state index is 0.602. The number of thiophene rings is 1. The lowest BCUT2D eigenvalue weighted by molar-refractivity contribution is 0.246. The van der Waals surface area contributed by atoms with Crippen molar-refractivity contribution < 1.29 is 0 Å². The Morgan fingerprint density at radius 1 is 1.25 bits per heavy atom. The maximum absolute atomic E-state index is 6.19. The maximum Gasteiger partial charge on any atom is 0.0960 e. The summed E-state index contributed by atoms with van der Waals surface area (Å²) in [5.74, 6) is 0. The number of nitrogens with one attached hydrogen (secondary N) is 1. The van der Waals surface area contributed by atoms with Crippen LogP contribution in [-0.4, -0.2) is 13.1 Å². The molecule has 1 aliphatic carbocycles. The summed E-state index contributed by atoms with van der Waals surface area (Å²) in [6.45, 7) is 6.71. The zero-order valence-electron chi connectivity index (χ0n) is 12.9. The SMILES string of the molecule is CCCNCCC1(CCc2cc(C)c(Cl)s2)CCCC1. The van der Waals surface area contributed by atoms with E-state index in [2.05, 4.69) is 25.2 Å². The van der Waals surface area contributed by atoms with Crippen LogP contribution in [0.15, 0.2) is 6.07 Å². The second-order valence-corrected chi connectivity index (χ2v) is 8.12. The van der Waals surface area contributed by atoms with Crippen molar-refractivity contribution in [1.82, 2.24) is 5.32 Å². The van der Waals surface area contributed by atoms with Crippen LogP contribution in [0.3, 0.4) is 0 Å². The van der Waals surface area contributed by atoms with Crippen molar-refractivity contribution >= 4 is 22.9 Å². The van der Waals surface area contributed by atoms with E-state index >= 15 is 0 Å². The summed E-state index contributed by atoms with van der Waals surface area (Å²) in [5.41, 5.74) is 1.85. The average Bonchev–Trinajstić information content (AvgIpc) is 3.02. The van der Waals surface area contributed by atoms with E-state index in [0.29, 0.717) is 5.41 Å². The average molecular weight is 314 g/mol. The van der Waals surface area contributed by atoms with Crippen LogP contribution in [0.25, 0.3) is 0 Å². The number of hydrogen-bond acceptors (Lipinski definition) is 2. The molecule has 1 heterocycles. The predicted octanol–water partition coefficient (Wildman–Crippen LogP) is 5.59. The van der Waals surface area contributed by atoms with Crippen molar-refractivity contribution in [2.45, 2.75) is 65.2 Å². The molecular weight excluding hydrogens is 286 g/mol. The summed E-state index contributed by atoms with van der Waals surface area (Å²) in [4.78, 5) is 1.47. The smallest absolute Gasteiger partial charge is 0.0960 e. The Morgan fingerprint density at radius 2 is 2.00 bits per heavy atom. The fourth-order valence-electron chi connectivity index (χ4n) is 3.44. The summed E-state index contributed by atoms with van der Waals surface area (Å²) < 4.78 is 0.977. The third-order valence-corrected chi connectivity index (χ3v) is 6.35. The van der Waals surface area contributed by atoms with Gasteiger partial charge in [-0.25, -0.2) is 0 Å². The van der Waals surface area contributed by atoms with Crippen LogP contribution < -0.4 is 5.32 Å². The molecule has 0 radical (unpaired) electrons. The molecular formula is C17H28ClNS. The second-order valence-electron chi connectivity index (χ2n) is 6.38. The van der Waals surface area contributed by atoms with E-state index in [9.17, 15) is 0 Å². The summed E-state index contributed by atoms with van der Waals surface area (Å²) in [5, 5.41) is 3.58. The molecule has 1 saturated carbocycles. The van der Waals surface area contributed by atoms with Crippen LogP contribution in [0.2, 0.25) is 4.34 Å². The number of hydrogen-bond donors (Lipinski definition) is 1. The first kappa shape index (κ1) is 16.3. The normalized spacial score (nSPS) is 17.8. The third kappa shape index (κ3) is 4.47. The molecule has 1 aliphatic rings. The first-order chi connectivity index (χ1) is 9.65. The fraction of sp³-hybridized carbons (Fsp3) is 0.765. The van der Waals surface area contributed by atoms with Gasteiger partial charge in [-0.2, -0.15) is 0 Å². The van der Waals surface area contributed by atoms with Gasteiger partial charge in [0.1, 0.15) is 0 Å². The van der Waals surface area contributed by atoms with Crippen LogP contribution in [-0.2, 0) is 6.42 Å². The topological polar surface area (TPSA) is 12.0 Å². The van der Waals surface area contributed by atoms with Crippen LogP contribution in [0.5, 0.6) is 0 Å². The van der Waals surface area contributed by atoms with Gasteiger partial charge in [-0.3, -0.25) is 0 Å². The van der Waals surface area contributed by atoms with Gasteiger partial charge in [0, 0.05) is 4.88 Å². The van der Waals surface area contributed by atoms with Crippen molar-refractivity contribution in [3.8, 4) is 0 Å². The molecule has 1 N–H and O–H groups in total. The van der Waals surface area contributed by atoms with E-state index in [1.807, 2.05) is 0 Å². The van der Waals surface area contributed by atoms with E-state index in [1.54, 1.807) is 11.3 Å². The Morgan fingerprint density at radius 3 is 2.60 bits per heavy atom. The van der Waals surface area contributed by atoms with E-state index in [1.165, 1.54) is 68.4 Å². The lowest BCUT2D eigenvalue weighted by atomic mass is 9.78. The molecule has 0 amide bonds. The summed E-state index contributed by atoms with van der Waals surface area (Å²) in [6.07, 6.45) is 10.9. The molecule has 0 aliphatic heterocycles. The highest BCUT2D eigenvalue weighted by molar-refractivity contribution is 7.16. The van der Waals surface area contributed by atoms with Crippen LogP contribution in [0, 0.1) is 12.3 Å². The number of rotatable bonds is 8. The summed E-state index contributed by atoms with van der Waals surface area (Å²) in [7, 11) is 0.